The van der Waals surface area contributed by atoms with Gasteiger partial charge in [0.1, 0.15) is 0 Å². The second-order valence-corrected chi connectivity index (χ2v) is 6.58. The summed E-state index contributed by atoms with van der Waals surface area (Å²) in [5, 5.41) is 7.52. The van der Waals surface area contributed by atoms with E-state index in [0.717, 1.165) is 25.9 Å². The number of fused-ring (bicyclic) bond motifs is 1. The van der Waals surface area contributed by atoms with Gasteiger partial charge in [0.15, 0.2) is 0 Å². The van der Waals surface area contributed by atoms with Crippen LogP contribution in [-0.4, -0.2) is 57.0 Å². The Kier molecular flexibility index (Phi) is 3.32. The van der Waals surface area contributed by atoms with E-state index in [0.29, 0.717) is 17.9 Å². The summed E-state index contributed by atoms with van der Waals surface area (Å²) in [6, 6.07) is 2.08. The van der Waals surface area contributed by atoms with Gasteiger partial charge in [-0.15, -0.1) is 0 Å². The molecule has 6 nitrogen and oxygen atoms in total. The molecular weight excluding hydrogens is 280 g/mol. The average Bonchev–Trinajstić information content (AvgIpc) is 3.27. The Morgan fingerprint density at radius 2 is 2.05 bits per heavy atom. The Balaban J connectivity index is 1.52. The van der Waals surface area contributed by atoms with E-state index in [1.807, 2.05) is 4.90 Å². The van der Waals surface area contributed by atoms with Crippen molar-refractivity contribution in [2.75, 3.05) is 13.1 Å². The van der Waals surface area contributed by atoms with E-state index >= 15 is 0 Å². The highest BCUT2D eigenvalue weighted by atomic mass is 16.2. The van der Waals surface area contributed by atoms with Crippen LogP contribution >= 0.6 is 0 Å². The molecule has 0 unspecified atom stereocenters. The zero-order chi connectivity index (χ0) is 15.1. The zero-order valence-electron chi connectivity index (χ0n) is 12.5. The highest BCUT2D eigenvalue weighted by Gasteiger charge is 2.46. The Morgan fingerprint density at radius 1 is 1.18 bits per heavy atom. The van der Waals surface area contributed by atoms with Gasteiger partial charge in [-0.25, -0.2) is 0 Å². The molecule has 0 radical (unpaired) electrons. The molecule has 1 aliphatic carbocycles. The number of piperidine rings is 1. The molecule has 3 fully saturated rings. The van der Waals surface area contributed by atoms with E-state index in [4.69, 9.17) is 0 Å². The van der Waals surface area contributed by atoms with E-state index in [1.165, 1.54) is 19.0 Å². The summed E-state index contributed by atoms with van der Waals surface area (Å²) in [5.41, 5.74) is 0.585. The monoisotopic (exact) mass is 300 g/mol. The first kappa shape index (κ1) is 13.7. The largest absolute Gasteiger partial charge is 0.337 e. The molecule has 1 aromatic heterocycles. The number of hydrogen-bond acceptors (Lipinski definition) is 4. The fourth-order valence-corrected chi connectivity index (χ4v) is 3.80. The van der Waals surface area contributed by atoms with E-state index in [-0.39, 0.29) is 23.9 Å². The molecule has 0 spiro atoms. The number of rotatable bonds is 3. The molecule has 0 bridgehead atoms. The maximum Gasteiger partial charge on any atom is 0.255 e. The van der Waals surface area contributed by atoms with Crippen LogP contribution < -0.4 is 0 Å². The quantitative estimate of drug-likeness (QED) is 0.838. The van der Waals surface area contributed by atoms with E-state index in [2.05, 4.69) is 15.1 Å². The Morgan fingerprint density at radius 3 is 2.77 bits per heavy atom. The van der Waals surface area contributed by atoms with Crippen LogP contribution in [0.3, 0.4) is 0 Å². The first-order valence-electron chi connectivity index (χ1n) is 8.11. The van der Waals surface area contributed by atoms with E-state index in [9.17, 15) is 9.59 Å². The second kappa shape index (κ2) is 5.34. The summed E-state index contributed by atoms with van der Waals surface area (Å²) >= 11 is 0. The van der Waals surface area contributed by atoms with Crippen molar-refractivity contribution in [1.82, 2.24) is 20.0 Å². The van der Waals surface area contributed by atoms with Crippen molar-refractivity contribution in [3.8, 4) is 0 Å². The van der Waals surface area contributed by atoms with Gasteiger partial charge in [0.25, 0.3) is 5.91 Å². The Hall–Kier alpha value is -1.98. The van der Waals surface area contributed by atoms with E-state index in [1.54, 1.807) is 12.3 Å². The lowest BCUT2D eigenvalue weighted by Crippen LogP contribution is -2.53. The Labute approximate surface area is 129 Å². The normalized spacial score (nSPS) is 27.9. The molecule has 22 heavy (non-hydrogen) atoms. The number of amides is 2. The summed E-state index contributed by atoms with van der Waals surface area (Å²) in [6.07, 6.45) is 7.80. The molecule has 6 heteroatoms. The highest BCUT2D eigenvalue weighted by Crippen LogP contribution is 2.36. The van der Waals surface area contributed by atoms with Crippen molar-refractivity contribution >= 4 is 11.8 Å². The van der Waals surface area contributed by atoms with Gasteiger partial charge in [0.2, 0.25) is 5.91 Å². The van der Waals surface area contributed by atoms with Crippen molar-refractivity contribution in [3.05, 3.63) is 24.0 Å². The third-order valence-electron chi connectivity index (χ3n) is 5.13. The fourth-order valence-electron chi connectivity index (χ4n) is 3.80. The maximum atomic E-state index is 12.7. The standard InChI is InChI=1S/C16H20N4O2/c21-15-4-3-13-14(20(15)10-11-1-2-11)6-8-19(13)16(22)12-5-7-17-18-9-12/h5,7,9,11,13-14H,1-4,6,8,10H2/t13-,14-/m0/s1. The summed E-state index contributed by atoms with van der Waals surface area (Å²) in [7, 11) is 0. The molecule has 4 rings (SSSR count). The van der Waals surface area contributed by atoms with Crippen LogP contribution in [0.5, 0.6) is 0 Å². The van der Waals surface area contributed by atoms with Crippen LogP contribution in [0.1, 0.15) is 42.5 Å². The van der Waals surface area contributed by atoms with Crippen LogP contribution in [0.4, 0.5) is 0 Å². The minimum absolute atomic E-state index is 0.0168. The lowest BCUT2D eigenvalue weighted by atomic mass is 9.95. The Bertz CT molecular complexity index is 587. The summed E-state index contributed by atoms with van der Waals surface area (Å²) in [5.74, 6) is 0.980. The molecular formula is C16H20N4O2. The summed E-state index contributed by atoms with van der Waals surface area (Å²) in [4.78, 5) is 28.9. The maximum absolute atomic E-state index is 12.7. The van der Waals surface area contributed by atoms with Crippen LogP contribution in [0.15, 0.2) is 18.5 Å². The molecule has 3 aliphatic rings. The molecule has 2 aliphatic heterocycles. The number of nitrogens with zero attached hydrogens (tertiary/aromatic N) is 4. The van der Waals surface area contributed by atoms with Crippen molar-refractivity contribution in [2.24, 2.45) is 5.92 Å². The molecule has 2 atom stereocenters. The zero-order valence-corrected chi connectivity index (χ0v) is 12.5. The second-order valence-electron chi connectivity index (χ2n) is 6.58. The predicted octanol–water partition coefficient (Wildman–Crippen LogP) is 1.09. The molecule has 1 saturated carbocycles. The topological polar surface area (TPSA) is 66.4 Å². The van der Waals surface area contributed by atoms with Gasteiger partial charge < -0.3 is 9.80 Å². The van der Waals surface area contributed by atoms with Crippen molar-refractivity contribution in [2.45, 2.75) is 44.2 Å². The van der Waals surface area contributed by atoms with E-state index < -0.39 is 0 Å². The van der Waals surface area contributed by atoms with Gasteiger partial charge in [-0.3, -0.25) is 9.59 Å². The molecule has 2 saturated heterocycles. The summed E-state index contributed by atoms with van der Waals surface area (Å²) in [6.45, 7) is 1.61. The number of aromatic nitrogens is 2. The molecule has 116 valence electrons. The smallest absolute Gasteiger partial charge is 0.255 e. The van der Waals surface area contributed by atoms with Crippen LogP contribution in [-0.2, 0) is 4.79 Å². The van der Waals surface area contributed by atoms with Crippen LogP contribution in [0, 0.1) is 5.92 Å². The number of carbonyl (C=O) groups is 2. The van der Waals surface area contributed by atoms with Gasteiger partial charge in [-0.2, -0.15) is 10.2 Å². The summed E-state index contributed by atoms with van der Waals surface area (Å²) < 4.78 is 0. The van der Waals surface area contributed by atoms with Gasteiger partial charge in [0.05, 0.1) is 30.0 Å². The number of carbonyl (C=O) groups excluding carboxylic acids is 2. The lowest BCUT2D eigenvalue weighted by molar-refractivity contribution is -0.137. The van der Waals surface area contributed by atoms with Gasteiger partial charge in [0, 0.05) is 19.5 Å². The van der Waals surface area contributed by atoms with Gasteiger partial charge in [-0.1, -0.05) is 0 Å². The minimum Gasteiger partial charge on any atom is -0.337 e. The number of hydrogen-bond donors (Lipinski definition) is 0. The minimum atomic E-state index is 0.0168. The lowest BCUT2D eigenvalue weighted by Gasteiger charge is -2.39. The van der Waals surface area contributed by atoms with Crippen molar-refractivity contribution in [3.63, 3.8) is 0 Å². The van der Waals surface area contributed by atoms with Gasteiger partial charge >= 0.3 is 0 Å². The van der Waals surface area contributed by atoms with Crippen LogP contribution in [0.2, 0.25) is 0 Å². The third-order valence-corrected chi connectivity index (χ3v) is 5.13. The van der Waals surface area contributed by atoms with Gasteiger partial charge in [-0.05, 0) is 37.7 Å². The molecule has 0 N–H and O–H groups in total. The highest BCUT2D eigenvalue weighted by molar-refractivity contribution is 5.94. The average molecular weight is 300 g/mol. The fraction of sp³-hybridized carbons (Fsp3) is 0.625. The predicted molar refractivity (Wildman–Crippen MR) is 78.9 cm³/mol. The van der Waals surface area contributed by atoms with Crippen molar-refractivity contribution in [1.29, 1.82) is 0 Å². The molecule has 1 aromatic rings. The molecule has 3 heterocycles. The first-order valence-corrected chi connectivity index (χ1v) is 8.11. The number of likely N-dealkylation sites (tertiary alicyclic amines) is 2. The third kappa shape index (κ3) is 2.36. The molecule has 2 amide bonds. The van der Waals surface area contributed by atoms with Crippen molar-refractivity contribution < 1.29 is 9.59 Å². The van der Waals surface area contributed by atoms with Crippen LogP contribution in [0.25, 0.3) is 0 Å². The first-order chi connectivity index (χ1) is 10.7. The SMILES string of the molecule is O=C1CC[C@H]2[C@H](CCN2C(=O)c2ccnnc2)N1CC1CC1. The molecule has 0 aromatic carbocycles.